The number of hydrogen-bond acceptors (Lipinski definition) is 4. The topological polar surface area (TPSA) is 90.4 Å². The van der Waals surface area contributed by atoms with E-state index in [0.717, 1.165) is 0 Å². The summed E-state index contributed by atoms with van der Waals surface area (Å²) in [5, 5.41) is 17.9. The highest BCUT2D eigenvalue weighted by molar-refractivity contribution is 5.95. The van der Waals surface area contributed by atoms with Crippen LogP contribution in [0.2, 0.25) is 0 Å². The van der Waals surface area contributed by atoms with Gasteiger partial charge in [-0.25, -0.2) is 4.79 Å². The van der Waals surface area contributed by atoms with Crippen LogP contribution in [-0.4, -0.2) is 29.6 Å². The van der Waals surface area contributed by atoms with Crippen molar-refractivity contribution in [3.8, 4) is 6.07 Å². The Bertz CT molecular complexity index is 480. The van der Waals surface area contributed by atoms with Gasteiger partial charge in [0, 0.05) is 18.8 Å². The number of carbonyl (C=O) groups is 1. The minimum Gasteiger partial charge on any atom is -0.478 e. The third kappa shape index (κ3) is 3.47. The zero-order valence-corrected chi connectivity index (χ0v) is 10.6. The lowest BCUT2D eigenvalue weighted by molar-refractivity contribution is 0.0696. The van der Waals surface area contributed by atoms with Gasteiger partial charge >= 0.3 is 5.97 Å². The summed E-state index contributed by atoms with van der Waals surface area (Å²) < 4.78 is 0. The third-order valence-corrected chi connectivity index (χ3v) is 2.64. The third-order valence-electron chi connectivity index (χ3n) is 2.64. The van der Waals surface area contributed by atoms with Crippen molar-refractivity contribution in [2.24, 2.45) is 5.92 Å². The number of anilines is 1. The predicted molar refractivity (Wildman–Crippen MR) is 68.9 cm³/mol. The van der Waals surface area contributed by atoms with Gasteiger partial charge in [0.1, 0.15) is 0 Å². The molecule has 5 heteroatoms. The van der Waals surface area contributed by atoms with Gasteiger partial charge < -0.3 is 15.7 Å². The van der Waals surface area contributed by atoms with E-state index in [1.807, 2.05) is 18.9 Å². The van der Waals surface area contributed by atoms with E-state index in [0.29, 0.717) is 18.7 Å². The van der Waals surface area contributed by atoms with Crippen LogP contribution in [0.4, 0.5) is 5.69 Å². The van der Waals surface area contributed by atoms with Gasteiger partial charge in [0.15, 0.2) is 0 Å². The van der Waals surface area contributed by atoms with Gasteiger partial charge in [0.2, 0.25) is 0 Å². The SMILES string of the molecule is CC(C#N)CN(C)Cc1cccc(N)c1C(=O)O. The number of hydrogen-bond donors (Lipinski definition) is 2. The summed E-state index contributed by atoms with van der Waals surface area (Å²) >= 11 is 0. The van der Waals surface area contributed by atoms with Crippen molar-refractivity contribution < 1.29 is 9.90 Å². The van der Waals surface area contributed by atoms with Crippen LogP contribution in [0.5, 0.6) is 0 Å². The fourth-order valence-corrected chi connectivity index (χ4v) is 1.88. The number of nitriles is 1. The molecule has 0 spiro atoms. The van der Waals surface area contributed by atoms with Gasteiger partial charge in [-0.3, -0.25) is 0 Å². The molecule has 1 atom stereocenters. The number of rotatable bonds is 5. The molecule has 0 fully saturated rings. The minimum absolute atomic E-state index is 0.0932. The molecule has 0 aliphatic carbocycles. The lowest BCUT2D eigenvalue weighted by atomic mass is 10.0. The van der Waals surface area contributed by atoms with E-state index in [2.05, 4.69) is 6.07 Å². The first kappa shape index (κ1) is 14.0. The standard InChI is InChI=1S/C13H17N3O2/c1-9(6-14)7-16(2)8-10-4-3-5-11(15)12(10)13(17)18/h3-5,9H,7-8,15H2,1-2H3,(H,17,18). The Hall–Kier alpha value is -2.06. The minimum atomic E-state index is -1.02. The van der Waals surface area contributed by atoms with Crippen molar-refractivity contribution in [1.82, 2.24) is 4.90 Å². The van der Waals surface area contributed by atoms with Crippen molar-refractivity contribution in [3.63, 3.8) is 0 Å². The van der Waals surface area contributed by atoms with Crippen LogP contribution in [0.1, 0.15) is 22.8 Å². The summed E-state index contributed by atoms with van der Waals surface area (Å²) in [5.74, 6) is -1.12. The van der Waals surface area contributed by atoms with Crippen molar-refractivity contribution in [3.05, 3.63) is 29.3 Å². The summed E-state index contributed by atoms with van der Waals surface area (Å²) in [6.07, 6.45) is 0. The lowest BCUT2D eigenvalue weighted by Crippen LogP contribution is -2.24. The van der Waals surface area contributed by atoms with E-state index in [-0.39, 0.29) is 17.2 Å². The Morgan fingerprint density at radius 1 is 1.61 bits per heavy atom. The highest BCUT2D eigenvalue weighted by Crippen LogP contribution is 2.18. The van der Waals surface area contributed by atoms with Crippen LogP contribution < -0.4 is 5.73 Å². The molecule has 3 N–H and O–H groups in total. The second kappa shape index (κ2) is 6.03. The summed E-state index contributed by atoms with van der Waals surface area (Å²) in [7, 11) is 1.85. The monoisotopic (exact) mass is 247 g/mol. The number of benzene rings is 1. The summed E-state index contributed by atoms with van der Waals surface area (Å²) in [4.78, 5) is 13.1. The molecule has 18 heavy (non-hydrogen) atoms. The quantitative estimate of drug-likeness (QED) is 0.770. The summed E-state index contributed by atoms with van der Waals surface area (Å²) in [6, 6.07) is 7.20. The van der Waals surface area contributed by atoms with Crippen LogP contribution in [0.15, 0.2) is 18.2 Å². The summed E-state index contributed by atoms with van der Waals surface area (Å²) in [6.45, 7) is 2.87. The predicted octanol–water partition coefficient (Wildman–Crippen LogP) is 1.56. The normalized spacial score (nSPS) is 12.1. The fraction of sp³-hybridized carbons (Fsp3) is 0.385. The zero-order valence-electron chi connectivity index (χ0n) is 10.6. The first-order valence-electron chi connectivity index (χ1n) is 5.64. The molecule has 0 aliphatic rings. The van der Waals surface area contributed by atoms with Crippen LogP contribution in [0.25, 0.3) is 0 Å². The van der Waals surface area contributed by atoms with E-state index in [1.165, 1.54) is 0 Å². The zero-order chi connectivity index (χ0) is 13.7. The Kier molecular flexibility index (Phi) is 4.69. The number of carboxylic acid groups (broad SMARTS) is 1. The number of nitrogens with two attached hydrogens (primary N) is 1. The highest BCUT2D eigenvalue weighted by atomic mass is 16.4. The molecule has 0 bridgehead atoms. The van der Waals surface area contributed by atoms with Crippen molar-refractivity contribution in [1.29, 1.82) is 5.26 Å². The average molecular weight is 247 g/mol. The Morgan fingerprint density at radius 3 is 2.83 bits per heavy atom. The molecule has 0 heterocycles. The van der Waals surface area contributed by atoms with Crippen molar-refractivity contribution in [2.45, 2.75) is 13.5 Å². The Morgan fingerprint density at radius 2 is 2.28 bits per heavy atom. The summed E-state index contributed by atoms with van der Waals surface area (Å²) in [5.41, 5.74) is 6.75. The van der Waals surface area contributed by atoms with Crippen LogP contribution >= 0.6 is 0 Å². The van der Waals surface area contributed by atoms with Crippen molar-refractivity contribution in [2.75, 3.05) is 19.3 Å². The molecular formula is C13H17N3O2. The molecule has 96 valence electrons. The first-order valence-corrected chi connectivity index (χ1v) is 5.64. The molecular weight excluding hydrogens is 230 g/mol. The van der Waals surface area contributed by atoms with Crippen LogP contribution in [-0.2, 0) is 6.54 Å². The number of aromatic carboxylic acids is 1. The molecule has 0 aliphatic heterocycles. The van der Waals surface area contributed by atoms with Gasteiger partial charge in [-0.15, -0.1) is 0 Å². The number of carboxylic acids is 1. The van der Waals surface area contributed by atoms with E-state index < -0.39 is 5.97 Å². The average Bonchev–Trinajstić information content (AvgIpc) is 2.28. The van der Waals surface area contributed by atoms with Crippen molar-refractivity contribution >= 4 is 11.7 Å². The van der Waals surface area contributed by atoms with Gasteiger partial charge in [-0.05, 0) is 25.6 Å². The lowest BCUT2D eigenvalue weighted by Gasteiger charge is -2.19. The Labute approximate surface area is 106 Å². The maximum absolute atomic E-state index is 11.2. The number of nitrogen functional groups attached to an aromatic ring is 1. The van der Waals surface area contributed by atoms with Crippen LogP contribution in [0, 0.1) is 17.2 Å². The molecule has 0 saturated heterocycles. The largest absolute Gasteiger partial charge is 0.478 e. The first-order chi connectivity index (χ1) is 8.45. The maximum atomic E-state index is 11.2. The molecule has 1 rings (SSSR count). The second-order valence-corrected chi connectivity index (χ2v) is 4.41. The van der Waals surface area contributed by atoms with Gasteiger partial charge in [-0.2, -0.15) is 5.26 Å². The highest BCUT2D eigenvalue weighted by Gasteiger charge is 2.15. The smallest absolute Gasteiger partial charge is 0.338 e. The van der Waals surface area contributed by atoms with Gasteiger partial charge in [0.05, 0.1) is 17.6 Å². The van der Waals surface area contributed by atoms with E-state index >= 15 is 0 Å². The molecule has 0 radical (unpaired) electrons. The molecule has 1 aromatic carbocycles. The van der Waals surface area contributed by atoms with E-state index in [1.54, 1.807) is 18.2 Å². The Balaban J connectivity index is 2.88. The maximum Gasteiger partial charge on any atom is 0.338 e. The second-order valence-electron chi connectivity index (χ2n) is 4.41. The molecule has 1 unspecified atom stereocenters. The fourth-order valence-electron chi connectivity index (χ4n) is 1.88. The van der Waals surface area contributed by atoms with Gasteiger partial charge in [-0.1, -0.05) is 12.1 Å². The van der Waals surface area contributed by atoms with E-state index in [4.69, 9.17) is 16.1 Å². The van der Waals surface area contributed by atoms with Crippen LogP contribution in [0.3, 0.4) is 0 Å². The molecule has 0 saturated carbocycles. The molecule has 0 aromatic heterocycles. The molecule has 5 nitrogen and oxygen atoms in total. The van der Waals surface area contributed by atoms with E-state index in [9.17, 15) is 4.79 Å². The molecule has 1 aromatic rings. The molecule has 0 amide bonds. The number of nitrogens with zero attached hydrogens (tertiary/aromatic N) is 2. The van der Waals surface area contributed by atoms with Gasteiger partial charge in [0.25, 0.3) is 0 Å².